The van der Waals surface area contributed by atoms with Crippen molar-refractivity contribution >= 4 is 11.6 Å². The van der Waals surface area contributed by atoms with Gasteiger partial charge in [-0.1, -0.05) is 0 Å². The number of hydrogen-bond donors (Lipinski definition) is 1. The molecule has 1 aliphatic rings. The van der Waals surface area contributed by atoms with Crippen LogP contribution in [-0.4, -0.2) is 25.5 Å². The van der Waals surface area contributed by atoms with Crippen molar-refractivity contribution < 1.29 is 9.18 Å². The van der Waals surface area contributed by atoms with Gasteiger partial charge in [-0.3, -0.25) is 4.79 Å². The van der Waals surface area contributed by atoms with Gasteiger partial charge in [-0.2, -0.15) is 5.26 Å². The van der Waals surface area contributed by atoms with Crippen molar-refractivity contribution in [1.29, 1.82) is 5.26 Å². The maximum absolute atomic E-state index is 12.9. The first kappa shape index (κ1) is 10.4. The minimum absolute atomic E-state index is 0.0838. The number of hydrogen-bond acceptors (Lipinski definition) is 3. The number of rotatable bonds is 1. The number of amides is 1. The lowest BCUT2D eigenvalue weighted by Gasteiger charge is -2.29. The lowest BCUT2D eigenvalue weighted by molar-refractivity contribution is -0.120. The van der Waals surface area contributed by atoms with Crippen molar-refractivity contribution in [1.82, 2.24) is 5.32 Å². The molecule has 4 nitrogen and oxygen atoms in total. The number of piperazine rings is 1. The summed E-state index contributed by atoms with van der Waals surface area (Å²) in [5.41, 5.74) is 0.869. The summed E-state index contributed by atoms with van der Waals surface area (Å²) in [5.74, 6) is -0.527. The average molecular weight is 219 g/mol. The second-order valence-corrected chi connectivity index (χ2v) is 3.54. The zero-order chi connectivity index (χ0) is 11.5. The van der Waals surface area contributed by atoms with E-state index in [4.69, 9.17) is 5.26 Å². The summed E-state index contributed by atoms with van der Waals surface area (Å²) in [7, 11) is 0. The number of nitrogens with zero attached hydrogens (tertiary/aromatic N) is 2. The molecular formula is C11H10FN3O. The number of carbonyl (C=O) groups excluding carboxylic acids is 1. The standard InChI is InChI=1S/C11H10FN3O/c12-9-1-2-10(8(5-9)6-13)15-4-3-14-11(16)7-15/h1-2,5H,3-4,7H2,(H,14,16). The molecule has 1 heterocycles. The number of nitriles is 1. The van der Waals surface area contributed by atoms with Crippen LogP contribution < -0.4 is 10.2 Å². The molecule has 0 bridgehead atoms. The summed E-state index contributed by atoms with van der Waals surface area (Å²) >= 11 is 0. The van der Waals surface area contributed by atoms with E-state index in [1.165, 1.54) is 18.2 Å². The molecule has 0 spiro atoms. The van der Waals surface area contributed by atoms with Crippen LogP contribution in [0.5, 0.6) is 0 Å². The fourth-order valence-corrected chi connectivity index (χ4v) is 1.72. The van der Waals surface area contributed by atoms with Gasteiger partial charge in [-0.15, -0.1) is 0 Å². The lowest BCUT2D eigenvalue weighted by Crippen LogP contribution is -2.47. The molecule has 1 aromatic carbocycles. The molecule has 1 amide bonds. The monoisotopic (exact) mass is 219 g/mol. The van der Waals surface area contributed by atoms with Gasteiger partial charge in [0.25, 0.3) is 0 Å². The van der Waals surface area contributed by atoms with E-state index in [1.807, 2.05) is 6.07 Å². The van der Waals surface area contributed by atoms with Crippen molar-refractivity contribution in [2.75, 3.05) is 24.5 Å². The lowest BCUT2D eigenvalue weighted by atomic mass is 10.1. The van der Waals surface area contributed by atoms with Crippen LogP contribution in [0.3, 0.4) is 0 Å². The number of carbonyl (C=O) groups is 1. The van der Waals surface area contributed by atoms with Crippen LogP contribution in [0.15, 0.2) is 18.2 Å². The van der Waals surface area contributed by atoms with Gasteiger partial charge in [0.05, 0.1) is 17.8 Å². The molecule has 1 aromatic rings. The zero-order valence-corrected chi connectivity index (χ0v) is 8.53. The van der Waals surface area contributed by atoms with Gasteiger partial charge in [-0.25, -0.2) is 4.39 Å². The SMILES string of the molecule is N#Cc1cc(F)ccc1N1CCNC(=O)C1. The third-order valence-corrected chi connectivity index (χ3v) is 2.46. The molecule has 0 aromatic heterocycles. The van der Waals surface area contributed by atoms with Crippen molar-refractivity contribution in [2.45, 2.75) is 0 Å². The second-order valence-electron chi connectivity index (χ2n) is 3.54. The molecule has 1 aliphatic heterocycles. The van der Waals surface area contributed by atoms with Crippen LogP contribution in [0.4, 0.5) is 10.1 Å². The maximum atomic E-state index is 12.9. The summed E-state index contributed by atoms with van der Waals surface area (Å²) in [6.07, 6.45) is 0. The number of nitrogens with one attached hydrogen (secondary N) is 1. The van der Waals surface area contributed by atoms with E-state index in [2.05, 4.69) is 5.32 Å². The molecule has 1 fully saturated rings. The highest BCUT2D eigenvalue weighted by atomic mass is 19.1. The Morgan fingerprint density at radius 1 is 1.50 bits per heavy atom. The molecular weight excluding hydrogens is 209 g/mol. The maximum Gasteiger partial charge on any atom is 0.239 e. The van der Waals surface area contributed by atoms with Crippen molar-refractivity contribution in [3.05, 3.63) is 29.6 Å². The highest BCUT2D eigenvalue weighted by Crippen LogP contribution is 2.21. The van der Waals surface area contributed by atoms with Crippen LogP contribution in [0.25, 0.3) is 0 Å². The summed E-state index contributed by atoms with van der Waals surface area (Å²) in [4.78, 5) is 13.0. The molecule has 0 radical (unpaired) electrons. The molecule has 16 heavy (non-hydrogen) atoms. The quantitative estimate of drug-likeness (QED) is 0.753. The van der Waals surface area contributed by atoms with Gasteiger partial charge in [0, 0.05) is 13.1 Å². The minimum atomic E-state index is -0.443. The van der Waals surface area contributed by atoms with E-state index in [0.717, 1.165) is 0 Å². The molecule has 0 aliphatic carbocycles. The highest BCUT2D eigenvalue weighted by Gasteiger charge is 2.19. The van der Waals surface area contributed by atoms with Gasteiger partial charge in [-0.05, 0) is 18.2 Å². The second kappa shape index (κ2) is 4.19. The van der Waals surface area contributed by atoms with Gasteiger partial charge >= 0.3 is 0 Å². The Hall–Kier alpha value is -2.09. The van der Waals surface area contributed by atoms with Crippen LogP contribution in [0.2, 0.25) is 0 Å². The Morgan fingerprint density at radius 2 is 2.31 bits per heavy atom. The predicted octanol–water partition coefficient (Wildman–Crippen LogP) is 0.634. The van der Waals surface area contributed by atoms with E-state index < -0.39 is 5.82 Å². The summed E-state index contributed by atoms with van der Waals surface area (Å²) in [5, 5.41) is 11.6. The Balaban J connectivity index is 2.32. The number of anilines is 1. The van der Waals surface area contributed by atoms with Crippen molar-refractivity contribution in [3.8, 4) is 6.07 Å². The van der Waals surface area contributed by atoms with E-state index in [0.29, 0.717) is 18.8 Å². The fraction of sp³-hybridized carbons (Fsp3) is 0.273. The van der Waals surface area contributed by atoms with Gasteiger partial charge in [0.1, 0.15) is 11.9 Å². The molecule has 1 saturated heterocycles. The predicted molar refractivity (Wildman–Crippen MR) is 56.3 cm³/mol. The summed E-state index contributed by atoms with van der Waals surface area (Å²) < 4.78 is 12.9. The molecule has 82 valence electrons. The number of benzene rings is 1. The van der Waals surface area contributed by atoms with Gasteiger partial charge in [0.2, 0.25) is 5.91 Å². The van der Waals surface area contributed by atoms with Gasteiger partial charge in [0.15, 0.2) is 0 Å². The Bertz CT molecular complexity index is 467. The topological polar surface area (TPSA) is 56.1 Å². The molecule has 5 heteroatoms. The van der Waals surface area contributed by atoms with Crippen LogP contribution >= 0.6 is 0 Å². The Labute approximate surface area is 92.3 Å². The van der Waals surface area contributed by atoms with Gasteiger partial charge < -0.3 is 10.2 Å². The molecule has 1 N–H and O–H groups in total. The minimum Gasteiger partial charge on any atom is -0.359 e. The summed E-state index contributed by atoms with van der Waals surface area (Å²) in [6, 6.07) is 5.95. The van der Waals surface area contributed by atoms with Crippen molar-refractivity contribution in [3.63, 3.8) is 0 Å². The fourth-order valence-electron chi connectivity index (χ4n) is 1.72. The van der Waals surface area contributed by atoms with Crippen LogP contribution in [0.1, 0.15) is 5.56 Å². The smallest absolute Gasteiger partial charge is 0.239 e. The van der Waals surface area contributed by atoms with E-state index in [1.54, 1.807) is 4.90 Å². The molecule has 2 rings (SSSR count). The normalized spacial score (nSPS) is 15.5. The molecule has 0 saturated carbocycles. The third kappa shape index (κ3) is 1.96. The van der Waals surface area contributed by atoms with Crippen LogP contribution in [-0.2, 0) is 4.79 Å². The first-order valence-electron chi connectivity index (χ1n) is 4.92. The highest BCUT2D eigenvalue weighted by molar-refractivity contribution is 5.83. The third-order valence-electron chi connectivity index (χ3n) is 2.46. The molecule has 0 unspecified atom stereocenters. The van der Waals surface area contributed by atoms with E-state index in [-0.39, 0.29) is 18.0 Å². The molecule has 0 atom stereocenters. The zero-order valence-electron chi connectivity index (χ0n) is 8.53. The largest absolute Gasteiger partial charge is 0.359 e. The van der Waals surface area contributed by atoms with E-state index in [9.17, 15) is 9.18 Å². The number of halogens is 1. The first-order chi connectivity index (χ1) is 7.70. The van der Waals surface area contributed by atoms with E-state index >= 15 is 0 Å². The summed E-state index contributed by atoms with van der Waals surface area (Å²) in [6.45, 7) is 1.38. The first-order valence-corrected chi connectivity index (χ1v) is 4.92. The van der Waals surface area contributed by atoms with Crippen molar-refractivity contribution in [2.24, 2.45) is 0 Å². The Morgan fingerprint density at radius 3 is 3.00 bits per heavy atom. The Kier molecular flexibility index (Phi) is 2.73. The average Bonchev–Trinajstić information content (AvgIpc) is 2.28. The van der Waals surface area contributed by atoms with Crippen LogP contribution in [0, 0.1) is 17.1 Å².